The first-order valence-electron chi connectivity index (χ1n) is 26.4. The summed E-state index contributed by atoms with van der Waals surface area (Å²) in [7, 11) is -16.5. The Kier molecular flexibility index (Phi) is 29.0. The summed E-state index contributed by atoms with van der Waals surface area (Å²) in [5, 5.41) is 46.0. The first-order chi connectivity index (χ1) is 37.2. The molecular formula is C46H80N7O22P3S. The number of fused-ring (bicyclic) bond motifs is 1. The predicted molar refractivity (Wildman–Crippen MR) is 283 cm³/mol. The average Bonchev–Trinajstić information content (AvgIpc) is 4.06. The van der Waals surface area contributed by atoms with Gasteiger partial charge in [-0.1, -0.05) is 103 Å². The molecule has 0 bridgehead atoms. The van der Waals surface area contributed by atoms with Gasteiger partial charge in [-0.3, -0.25) is 37.3 Å². The maximum Gasteiger partial charge on any atom is 0.481 e. The van der Waals surface area contributed by atoms with Crippen molar-refractivity contribution in [3.63, 3.8) is 0 Å². The van der Waals surface area contributed by atoms with E-state index in [1.165, 1.54) is 52.4 Å². The van der Waals surface area contributed by atoms with Crippen LogP contribution >= 0.6 is 35.2 Å². The topological polar surface area (TPSA) is 440 Å². The molecular weight excluding hydrogens is 1130 g/mol. The monoisotopic (exact) mass is 1210 g/mol. The van der Waals surface area contributed by atoms with Gasteiger partial charge >= 0.3 is 23.5 Å². The van der Waals surface area contributed by atoms with Crippen molar-refractivity contribution in [2.75, 3.05) is 44.4 Å². The number of nitrogens with one attached hydrogen (secondary N) is 2. The summed E-state index contributed by atoms with van der Waals surface area (Å²) in [6.45, 7) is 2.60. The van der Waals surface area contributed by atoms with Crippen molar-refractivity contribution in [3.8, 4) is 0 Å². The van der Waals surface area contributed by atoms with E-state index in [2.05, 4.69) is 34.4 Å². The van der Waals surface area contributed by atoms with E-state index in [4.69, 9.17) is 29.0 Å². The zero-order chi connectivity index (χ0) is 58.4. The number of hydrogen-bond donors (Lipinski definition) is 11. The molecule has 2 fully saturated rings. The quantitative estimate of drug-likeness (QED) is 0.0260. The number of carbonyl (C=O) groups excluding carboxylic acids is 4. The molecule has 12 N–H and O–H groups in total. The highest BCUT2D eigenvalue weighted by Crippen LogP contribution is 2.61. The van der Waals surface area contributed by atoms with E-state index < -0.39 is 103 Å². The molecule has 2 saturated heterocycles. The van der Waals surface area contributed by atoms with E-state index in [9.17, 15) is 72.9 Å². The summed E-state index contributed by atoms with van der Waals surface area (Å²) in [5.41, 5.74) is 4.23. The molecule has 452 valence electrons. The molecule has 0 aromatic carbocycles. The summed E-state index contributed by atoms with van der Waals surface area (Å²) in [6, 6.07) is 0. The lowest BCUT2D eigenvalue weighted by molar-refractivity contribution is -0.261. The fraction of sp³-hybridized carbons (Fsp3) is 0.804. The fourth-order valence-electron chi connectivity index (χ4n) is 8.43. The summed E-state index contributed by atoms with van der Waals surface area (Å²) >= 11 is 0.926. The highest BCUT2D eigenvalue weighted by atomic mass is 32.2. The van der Waals surface area contributed by atoms with Gasteiger partial charge in [0.05, 0.1) is 38.2 Å². The zero-order valence-electron chi connectivity index (χ0n) is 44.7. The Morgan fingerprint density at radius 1 is 0.823 bits per heavy atom. The minimum absolute atomic E-state index is 0.0216. The van der Waals surface area contributed by atoms with Crippen molar-refractivity contribution < 1.29 is 105 Å². The second-order valence-corrected chi connectivity index (χ2v) is 25.5. The third kappa shape index (κ3) is 24.8. The van der Waals surface area contributed by atoms with Crippen LogP contribution in [0.2, 0.25) is 0 Å². The largest absolute Gasteiger partial charge is 0.481 e. The minimum Gasteiger partial charge on any atom is -0.390 e. The van der Waals surface area contributed by atoms with Crippen LogP contribution in [0.5, 0.6) is 0 Å². The first kappa shape index (κ1) is 68.6. The Bertz CT molecular complexity index is 2390. The SMILES string of the molecule is C[C@@H]1O[C@@H](OCCCCCCCCCCCCCCCCC(=O)CC(=O)SCCNC(=O)CCNC(=O)[C@H](O)C(C)(C)COP(=O)(O)OP(=O)(O)OC[C@H]2O[C@@H](n3cnc4c(N)ncnc43)[C@H](O)[C@@H]2OP(=O)(O)O)[C@H](O)C[C@H]1O. The molecule has 2 aliphatic heterocycles. The highest BCUT2D eigenvalue weighted by molar-refractivity contribution is 8.13. The van der Waals surface area contributed by atoms with Crippen LogP contribution < -0.4 is 16.4 Å². The standard InChI is InChI=1S/C46H80N7O22P3S/c1-30-32(55)25-33(56)45(72-30)69-22-17-15-13-11-9-7-5-4-6-8-10-12-14-16-18-31(54)24-36(58)79-23-21-48-35(57)19-20-49-43(61)40(60)46(2,3)27-71-78(67,68)75-77(65,66)70-26-34-39(74-76(62,63)64)38(59)44(73-34)53-29-52-37-41(47)50-28-51-42(37)53/h28-30,32-34,38-40,44-45,55-56,59-60H,4-27H2,1-3H3,(H,48,57)(H,49,61)(H,65,66)(H,67,68)(H2,47,50,51)(H2,62,63,64)/t30-,32+,33+,34+,38+,39+,40-,44+,45+/m0/s1. The number of imidazole rings is 1. The second-order valence-electron chi connectivity index (χ2n) is 20.2. The zero-order valence-corrected chi connectivity index (χ0v) is 48.2. The maximum atomic E-state index is 12.8. The molecule has 2 aliphatic rings. The number of nitrogen functional groups attached to an aromatic ring is 1. The number of phosphoric ester groups is 3. The maximum absolute atomic E-state index is 12.8. The van der Waals surface area contributed by atoms with Gasteiger partial charge in [-0.25, -0.2) is 28.6 Å². The number of amides is 2. The summed E-state index contributed by atoms with van der Waals surface area (Å²) < 4.78 is 73.7. The van der Waals surface area contributed by atoms with Gasteiger partial charge in [0.15, 0.2) is 29.1 Å². The lowest BCUT2D eigenvalue weighted by Crippen LogP contribution is -2.47. The van der Waals surface area contributed by atoms with Crippen LogP contribution in [0, 0.1) is 5.41 Å². The molecule has 2 unspecified atom stereocenters. The predicted octanol–water partition coefficient (Wildman–Crippen LogP) is 3.35. The van der Waals surface area contributed by atoms with Gasteiger partial charge < -0.3 is 70.6 Å². The van der Waals surface area contributed by atoms with E-state index in [0.29, 0.717) is 13.0 Å². The molecule has 2 aromatic heterocycles. The van der Waals surface area contributed by atoms with Crippen LogP contribution in [-0.4, -0.2) is 170 Å². The average molecular weight is 1210 g/mol. The van der Waals surface area contributed by atoms with Crippen molar-refractivity contribution in [2.45, 2.75) is 192 Å². The van der Waals surface area contributed by atoms with Crippen molar-refractivity contribution in [2.24, 2.45) is 5.41 Å². The number of hydrogen-bond acceptors (Lipinski definition) is 23. The van der Waals surface area contributed by atoms with Crippen LogP contribution in [0.1, 0.15) is 143 Å². The third-order valence-corrected chi connectivity index (χ3v) is 16.9. The number of nitrogens with two attached hydrogens (primary N) is 1. The van der Waals surface area contributed by atoms with Crippen LogP contribution in [0.25, 0.3) is 11.2 Å². The van der Waals surface area contributed by atoms with Crippen LogP contribution in [-0.2, 0) is 65.0 Å². The molecule has 4 heterocycles. The van der Waals surface area contributed by atoms with Gasteiger partial charge in [-0.2, -0.15) is 4.31 Å². The molecule has 11 atom stereocenters. The molecule has 0 aliphatic carbocycles. The van der Waals surface area contributed by atoms with E-state index in [0.717, 1.165) is 80.4 Å². The Morgan fingerprint density at radius 3 is 2.06 bits per heavy atom. The summed E-state index contributed by atoms with van der Waals surface area (Å²) in [6.07, 6.45) is 6.21. The van der Waals surface area contributed by atoms with Gasteiger partial charge in [-0.15, -0.1) is 0 Å². The lowest BCUT2D eigenvalue weighted by atomic mass is 9.87. The molecule has 2 amide bonds. The van der Waals surface area contributed by atoms with Crippen molar-refractivity contribution in [3.05, 3.63) is 12.7 Å². The van der Waals surface area contributed by atoms with Gasteiger partial charge in [0.2, 0.25) is 11.8 Å². The van der Waals surface area contributed by atoms with Gasteiger partial charge in [0.25, 0.3) is 0 Å². The fourth-order valence-corrected chi connectivity index (χ4v) is 12.0. The second kappa shape index (κ2) is 33.4. The number of carbonyl (C=O) groups is 4. The van der Waals surface area contributed by atoms with Crippen molar-refractivity contribution >= 4 is 74.9 Å². The Balaban J connectivity index is 0.986. The Morgan fingerprint density at radius 2 is 1.43 bits per heavy atom. The first-order valence-corrected chi connectivity index (χ1v) is 31.9. The van der Waals surface area contributed by atoms with Gasteiger partial charge in [0.1, 0.15) is 48.1 Å². The van der Waals surface area contributed by atoms with E-state index in [-0.39, 0.29) is 72.1 Å². The van der Waals surface area contributed by atoms with Crippen molar-refractivity contribution in [1.29, 1.82) is 0 Å². The van der Waals surface area contributed by atoms with Crippen LogP contribution in [0.3, 0.4) is 0 Å². The Hall–Kier alpha value is -2.93. The normalized spacial score (nSPS) is 23.7. The van der Waals surface area contributed by atoms with E-state index in [1.807, 2.05) is 0 Å². The summed E-state index contributed by atoms with van der Waals surface area (Å²) in [4.78, 5) is 101. The number of nitrogens with zero attached hydrogens (tertiary/aromatic N) is 4. The third-order valence-electron chi connectivity index (χ3n) is 12.9. The molecule has 4 rings (SSSR count). The number of aliphatic hydroxyl groups excluding tert-OH is 4. The lowest BCUT2D eigenvalue weighted by Gasteiger charge is -2.35. The number of Topliss-reactive ketones (excluding diaryl/α,β-unsaturated/α-hetero) is 1. The van der Waals surface area contributed by atoms with Crippen molar-refractivity contribution in [1.82, 2.24) is 30.2 Å². The number of rotatable bonds is 39. The molecule has 79 heavy (non-hydrogen) atoms. The summed E-state index contributed by atoms with van der Waals surface area (Å²) in [5.74, 6) is -1.46. The molecule has 0 spiro atoms. The molecule has 2 aromatic rings. The number of ketones is 1. The number of aliphatic hydroxyl groups is 4. The molecule has 33 heteroatoms. The smallest absolute Gasteiger partial charge is 0.390 e. The number of ether oxygens (including phenoxy) is 3. The van der Waals surface area contributed by atoms with E-state index in [1.54, 1.807) is 6.92 Å². The number of phosphoric acid groups is 3. The van der Waals surface area contributed by atoms with Crippen LogP contribution in [0.15, 0.2) is 12.7 Å². The van der Waals surface area contributed by atoms with Crippen LogP contribution in [0.4, 0.5) is 5.82 Å². The molecule has 0 radical (unpaired) electrons. The Labute approximate surface area is 462 Å². The van der Waals surface area contributed by atoms with E-state index >= 15 is 0 Å². The highest BCUT2D eigenvalue weighted by Gasteiger charge is 2.50. The van der Waals surface area contributed by atoms with Gasteiger partial charge in [0, 0.05) is 50.1 Å². The number of aromatic nitrogens is 4. The molecule has 29 nitrogen and oxygen atoms in total. The minimum atomic E-state index is -5.60. The number of thioether (sulfide) groups is 1. The number of unbranched alkanes of at least 4 members (excludes halogenated alkanes) is 13. The molecule has 0 saturated carbocycles. The van der Waals surface area contributed by atoms with Gasteiger partial charge in [-0.05, 0) is 19.8 Å². The number of anilines is 1.